The standard InChI is InChI=1S/C14H11Cl2NO4/c15-12-3-1-2-9(7-18)14(12)21-8-10-4-5-11(17(19)20)6-13(10)16/h1-6,18H,7-8H2. The maximum Gasteiger partial charge on any atom is 0.270 e. The van der Waals surface area contributed by atoms with Crippen molar-refractivity contribution >= 4 is 28.9 Å². The number of hydrogen-bond acceptors (Lipinski definition) is 4. The van der Waals surface area contributed by atoms with Crippen molar-refractivity contribution in [2.24, 2.45) is 0 Å². The topological polar surface area (TPSA) is 72.6 Å². The van der Waals surface area contributed by atoms with E-state index in [1.165, 1.54) is 18.2 Å². The molecule has 110 valence electrons. The molecule has 0 amide bonds. The summed E-state index contributed by atoms with van der Waals surface area (Å²) in [7, 11) is 0. The van der Waals surface area contributed by atoms with Gasteiger partial charge in [0.15, 0.2) is 0 Å². The number of aliphatic hydroxyl groups is 1. The Hall–Kier alpha value is -1.82. The number of aliphatic hydroxyl groups excluding tert-OH is 1. The lowest BCUT2D eigenvalue weighted by atomic mass is 10.2. The highest BCUT2D eigenvalue weighted by molar-refractivity contribution is 6.32. The molecule has 0 heterocycles. The third kappa shape index (κ3) is 3.64. The summed E-state index contributed by atoms with van der Waals surface area (Å²) in [5.41, 5.74) is 1.06. The summed E-state index contributed by atoms with van der Waals surface area (Å²) in [5.74, 6) is 0.371. The fourth-order valence-electron chi connectivity index (χ4n) is 1.76. The van der Waals surface area contributed by atoms with Gasteiger partial charge < -0.3 is 9.84 Å². The Morgan fingerprint density at radius 3 is 2.52 bits per heavy atom. The molecule has 7 heteroatoms. The Labute approximate surface area is 130 Å². The van der Waals surface area contributed by atoms with Crippen molar-refractivity contribution in [3.63, 3.8) is 0 Å². The van der Waals surface area contributed by atoms with Gasteiger partial charge in [-0.2, -0.15) is 0 Å². The Morgan fingerprint density at radius 1 is 1.14 bits per heavy atom. The van der Waals surface area contributed by atoms with Crippen molar-refractivity contribution in [2.75, 3.05) is 0 Å². The minimum atomic E-state index is -0.519. The van der Waals surface area contributed by atoms with Crippen LogP contribution in [0.1, 0.15) is 11.1 Å². The summed E-state index contributed by atoms with van der Waals surface area (Å²) in [6, 6.07) is 9.19. The number of non-ortho nitro benzene ring substituents is 1. The first-order valence-electron chi connectivity index (χ1n) is 5.96. The molecule has 0 aromatic heterocycles. The number of halogens is 2. The Balaban J connectivity index is 2.19. The molecule has 0 fully saturated rings. The molecule has 0 radical (unpaired) electrons. The quantitative estimate of drug-likeness (QED) is 0.666. The summed E-state index contributed by atoms with van der Waals surface area (Å²) in [6.07, 6.45) is 0. The van der Waals surface area contributed by atoms with E-state index in [1.54, 1.807) is 18.2 Å². The predicted molar refractivity (Wildman–Crippen MR) is 79.8 cm³/mol. The van der Waals surface area contributed by atoms with Crippen LogP contribution < -0.4 is 4.74 Å². The van der Waals surface area contributed by atoms with Gasteiger partial charge in [0, 0.05) is 23.3 Å². The fraction of sp³-hybridized carbons (Fsp3) is 0.143. The monoisotopic (exact) mass is 327 g/mol. The van der Waals surface area contributed by atoms with Gasteiger partial charge >= 0.3 is 0 Å². The molecule has 21 heavy (non-hydrogen) atoms. The van der Waals surface area contributed by atoms with E-state index in [0.29, 0.717) is 21.9 Å². The van der Waals surface area contributed by atoms with Crippen molar-refractivity contribution in [3.8, 4) is 5.75 Å². The number of hydrogen-bond donors (Lipinski definition) is 1. The summed E-state index contributed by atoms with van der Waals surface area (Å²) in [6.45, 7) is -0.114. The van der Waals surface area contributed by atoms with Gasteiger partial charge in [-0.25, -0.2) is 0 Å². The molecule has 0 atom stereocenters. The van der Waals surface area contributed by atoms with Crippen LogP contribution in [0.5, 0.6) is 5.75 Å². The third-order valence-electron chi connectivity index (χ3n) is 2.84. The van der Waals surface area contributed by atoms with Crippen molar-refractivity contribution in [2.45, 2.75) is 13.2 Å². The van der Waals surface area contributed by atoms with E-state index in [1.807, 2.05) is 0 Å². The third-order valence-corrected chi connectivity index (χ3v) is 3.49. The van der Waals surface area contributed by atoms with Gasteiger partial charge in [0.2, 0.25) is 0 Å². The van der Waals surface area contributed by atoms with Crippen molar-refractivity contribution < 1.29 is 14.8 Å². The van der Waals surface area contributed by atoms with Gasteiger partial charge in [0.25, 0.3) is 5.69 Å². The van der Waals surface area contributed by atoms with Crippen LogP contribution in [-0.4, -0.2) is 10.0 Å². The smallest absolute Gasteiger partial charge is 0.270 e. The second-order valence-electron chi connectivity index (χ2n) is 4.21. The average Bonchev–Trinajstić information content (AvgIpc) is 2.46. The minimum absolute atomic E-state index is 0.0856. The average molecular weight is 328 g/mol. The second-order valence-corrected chi connectivity index (χ2v) is 5.02. The molecule has 1 N–H and O–H groups in total. The SMILES string of the molecule is O=[N+]([O-])c1ccc(COc2c(Cl)cccc2CO)c(Cl)c1. The Morgan fingerprint density at radius 2 is 1.90 bits per heavy atom. The zero-order valence-electron chi connectivity index (χ0n) is 10.8. The lowest BCUT2D eigenvalue weighted by molar-refractivity contribution is -0.384. The van der Waals surface area contributed by atoms with Crippen molar-refractivity contribution in [1.82, 2.24) is 0 Å². The normalized spacial score (nSPS) is 10.4. The molecule has 2 aromatic rings. The van der Waals surface area contributed by atoms with E-state index in [0.717, 1.165) is 0 Å². The summed E-state index contributed by atoms with van der Waals surface area (Å²) in [5, 5.41) is 20.5. The number of benzene rings is 2. The van der Waals surface area contributed by atoms with E-state index in [-0.39, 0.29) is 23.9 Å². The minimum Gasteiger partial charge on any atom is -0.487 e. The first-order valence-corrected chi connectivity index (χ1v) is 6.72. The zero-order valence-corrected chi connectivity index (χ0v) is 12.3. The number of ether oxygens (including phenoxy) is 1. The van der Waals surface area contributed by atoms with Crippen LogP contribution in [0, 0.1) is 10.1 Å². The fourth-order valence-corrected chi connectivity index (χ4v) is 2.23. The second kappa shape index (κ2) is 6.76. The van der Waals surface area contributed by atoms with Gasteiger partial charge in [-0.05, 0) is 12.1 Å². The highest BCUT2D eigenvalue weighted by Gasteiger charge is 2.12. The number of nitrogens with zero attached hydrogens (tertiary/aromatic N) is 1. The van der Waals surface area contributed by atoms with Gasteiger partial charge in [0.1, 0.15) is 12.4 Å². The zero-order chi connectivity index (χ0) is 15.4. The van der Waals surface area contributed by atoms with Gasteiger partial charge in [0.05, 0.1) is 21.6 Å². The Kier molecular flexibility index (Phi) is 5.01. The summed E-state index contributed by atoms with van der Waals surface area (Å²) >= 11 is 12.0. The maximum absolute atomic E-state index is 10.6. The van der Waals surface area contributed by atoms with Crippen LogP contribution in [0.25, 0.3) is 0 Å². The molecule has 0 saturated heterocycles. The lowest BCUT2D eigenvalue weighted by Crippen LogP contribution is -2.00. The van der Waals surface area contributed by atoms with E-state index < -0.39 is 4.92 Å². The molecule has 0 saturated carbocycles. The molecule has 2 aromatic carbocycles. The molecule has 0 aliphatic heterocycles. The van der Waals surface area contributed by atoms with Crippen molar-refractivity contribution in [1.29, 1.82) is 0 Å². The molecular weight excluding hydrogens is 317 g/mol. The first-order chi connectivity index (χ1) is 10.0. The van der Waals surface area contributed by atoms with E-state index in [9.17, 15) is 15.2 Å². The van der Waals surface area contributed by atoms with Crippen LogP contribution in [0.4, 0.5) is 5.69 Å². The highest BCUT2D eigenvalue weighted by Crippen LogP contribution is 2.30. The van der Waals surface area contributed by atoms with E-state index in [2.05, 4.69) is 0 Å². The lowest BCUT2D eigenvalue weighted by Gasteiger charge is -2.12. The molecule has 0 unspecified atom stereocenters. The molecule has 0 aliphatic rings. The van der Waals surface area contributed by atoms with Crippen LogP contribution in [0.15, 0.2) is 36.4 Å². The first kappa shape index (κ1) is 15.6. The molecule has 2 rings (SSSR count). The van der Waals surface area contributed by atoms with E-state index in [4.69, 9.17) is 27.9 Å². The largest absolute Gasteiger partial charge is 0.487 e. The summed E-state index contributed by atoms with van der Waals surface area (Å²) < 4.78 is 5.58. The van der Waals surface area contributed by atoms with Crippen molar-refractivity contribution in [3.05, 3.63) is 67.7 Å². The number of nitro groups is 1. The van der Waals surface area contributed by atoms with Crippen LogP contribution >= 0.6 is 23.2 Å². The molecule has 0 bridgehead atoms. The van der Waals surface area contributed by atoms with Gasteiger partial charge in [-0.3, -0.25) is 10.1 Å². The molecular formula is C14H11Cl2NO4. The molecule has 0 spiro atoms. The highest BCUT2D eigenvalue weighted by atomic mass is 35.5. The molecule has 5 nitrogen and oxygen atoms in total. The summed E-state index contributed by atoms with van der Waals surface area (Å²) in [4.78, 5) is 10.1. The number of para-hydroxylation sites is 1. The predicted octanol–water partition coefficient (Wildman–Crippen LogP) is 3.97. The Bertz CT molecular complexity index is 676. The van der Waals surface area contributed by atoms with Crippen LogP contribution in [0.2, 0.25) is 10.0 Å². The van der Waals surface area contributed by atoms with Gasteiger partial charge in [-0.15, -0.1) is 0 Å². The van der Waals surface area contributed by atoms with Crippen LogP contribution in [0.3, 0.4) is 0 Å². The number of nitro benzene ring substituents is 1. The van der Waals surface area contributed by atoms with E-state index >= 15 is 0 Å². The van der Waals surface area contributed by atoms with Gasteiger partial charge in [-0.1, -0.05) is 35.3 Å². The van der Waals surface area contributed by atoms with Crippen LogP contribution in [-0.2, 0) is 13.2 Å². The molecule has 0 aliphatic carbocycles. The number of rotatable bonds is 5. The maximum atomic E-state index is 10.6.